The number of nitrogens with one attached hydrogen (secondary N) is 1. The molecular weight excluding hydrogens is 176 g/mol. The van der Waals surface area contributed by atoms with Crippen molar-refractivity contribution in [2.24, 2.45) is 0 Å². The largest absolute Gasteiger partial charge is 0.273 e. The van der Waals surface area contributed by atoms with Crippen molar-refractivity contribution in [2.75, 3.05) is 5.01 Å². The van der Waals surface area contributed by atoms with Crippen molar-refractivity contribution in [3.8, 4) is 0 Å². The Balaban J connectivity index is 2.26. The highest BCUT2D eigenvalue weighted by molar-refractivity contribution is 6.02. The van der Waals surface area contributed by atoms with Gasteiger partial charge >= 0.3 is 0 Å². The van der Waals surface area contributed by atoms with E-state index in [0.29, 0.717) is 0 Å². The number of benzene rings is 1. The summed E-state index contributed by atoms with van der Waals surface area (Å²) in [7, 11) is 0. The maximum Gasteiger partial charge on any atom is 0.247 e. The molecule has 0 unspecified atom stereocenters. The number of nitrogens with zero attached hydrogens (tertiary/aromatic N) is 1. The van der Waals surface area contributed by atoms with Crippen LogP contribution in [0.3, 0.4) is 0 Å². The third-order valence-corrected chi connectivity index (χ3v) is 2.12. The molecule has 0 atom stereocenters. The van der Waals surface area contributed by atoms with Crippen LogP contribution in [0.2, 0.25) is 0 Å². The van der Waals surface area contributed by atoms with Crippen LogP contribution in [-0.2, 0) is 4.79 Å². The Hall–Kier alpha value is -1.35. The first-order chi connectivity index (χ1) is 6.58. The fraction of sp³-hybridized carbons (Fsp3) is 0.273. The van der Waals surface area contributed by atoms with Crippen molar-refractivity contribution >= 4 is 11.6 Å². The van der Waals surface area contributed by atoms with Crippen LogP contribution in [0.25, 0.3) is 0 Å². The highest BCUT2D eigenvalue weighted by Gasteiger charge is 2.36. The van der Waals surface area contributed by atoms with Crippen molar-refractivity contribution in [1.82, 2.24) is 5.43 Å². The van der Waals surface area contributed by atoms with E-state index in [1.54, 1.807) is 11.4 Å². The van der Waals surface area contributed by atoms with E-state index in [-0.39, 0.29) is 11.4 Å². The fourth-order valence-electron chi connectivity index (χ4n) is 1.52. The fourth-order valence-corrected chi connectivity index (χ4v) is 1.52. The second kappa shape index (κ2) is 3.10. The molecule has 1 amide bonds. The molecule has 14 heavy (non-hydrogen) atoms. The van der Waals surface area contributed by atoms with Gasteiger partial charge in [0.1, 0.15) is 0 Å². The molecule has 0 bridgehead atoms. The summed E-state index contributed by atoms with van der Waals surface area (Å²) in [6.07, 6.45) is 1.68. The molecule has 1 fully saturated rings. The van der Waals surface area contributed by atoms with Crippen molar-refractivity contribution in [3.63, 3.8) is 0 Å². The molecule has 73 valence electrons. The Morgan fingerprint density at radius 3 is 2.36 bits per heavy atom. The van der Waals surface area contributed by atoms with Gasteiger partial charge in [-0.15, -0.1) is 0 Å². The zero-order valence-electron chi connectivity index (χ0n) is 8.32. The SMILES string of the molecule is CC1(C)[CH]C(=O)N(c2ccccc2)N1. The van der Waals surface area contributed by atoms with Crippen LogP contribution in [-0.4, -0.2) is 11.4 Å². The Bertz CT molecular complexity index is 346. The molecule has 0 saturated carbocycles. The van der Waals surface area contributed by atoms with Crippen LogP contribution in [0.5, 0.6) is 0 Å². The molecule has 1 aromatic rings. The molecule has 3 heteroatoms. The van der Waals surface area contributed by atoms with Gasteiger partial charge in [0.05, 0.1) is 12.1 Å². The summed E-state index contributed by atoms with van der Waals surface area (Å²) in [5, 5.41) is 1.57. The summed E-state index contributed by atoms with van der Waals surface area (Å²) in [6.45, 7) is 3.93. The second-order valence-corrected chi connectivity index (χ2v) is 3.99. The zero-order valence-corrected chi connectivity index (χ0v) is 8.32. The van der Waals surface area contributed by atoms with Crippen LogP contribution >= 0.6 is 0 Å². The summed E-state index contributed by atoms with van der Waals surface area (Å²) in [6, 6.07) is 9.56. The highest BCUT2D eigenvalue weighted by atomic mass is 16.2. The van der Waals surface area contributed by atoms with E-state index in [4.69, 9.17) is 0 Å². The van der Waals surface area contributed by atoms with Crippen LogP contribution in [0.4, 0.5) is 5.69 Å². The second-order valence-electron chi connectivity index (χ2n) is 3.99. The molecule has 1 saturated heterocycles. The topological polar surface area (TPSA) is 32.3 Å². The Kier molecular flexibility index (Phi) is 2.04. The van der Waals surface area contributed by atoms with Gasteiger partial charge in [-0.1, -0.05) is 18.2 Å². The van der Waals surface area contributed by atoms with Crippen LogP contribution in [0.1, 0.15) is 13.8 Å². The van der Waals surface area contributed by atoms with Gasteiger partial charge < -0.3 is 0 Å². The minimum absolute atomic E-state index is 0.00111. The number of hydrogen-bond acceptors (Lipinski definition) is 2. The zero-order chi connectivity index (χ0) is 10.2. The normalized spacial score (nSPS) is 20.1. The monoisotopic (exact) mass is 189 g/mol. The van der Waals surface area contributed by atoms with Crippen molar-refractivity contribution in [3.05, 3.63) is 36.8 Å². The first kappa shape index (κ1) is 9.21. The molecule has 0 aromatic heterocycles. The minimum Gasteiger partial charge on any atom is -0.273 e. The van der Waals surface area contributed by atoms with Crippen LogP contribution in [0, 0.1) is 6.42 Å². The van der Waals surface area contributed by atoms with Gasteiger partial charge in [0.2, 0.25) is 5.91 Å². The quantitative estimate of drug-likeness (QED) is 0.726. The lowest BCUT2D eigenvalue weighted by molar-refractivity contribution is -0.114. The summed E-state index contributed by atoms with van der Waals surface area (Å²) in [4.78, 5) is 11.6. The molecule has 3 nitrogen and oxygen atoms in total. The molecule has 1 N–H and O–H groups in total. The molecule has 1 aromatic carbocycles. The summed E-state index contributed by atoms with van der Waals surface area (Å²) < 4.78 is 0. The third-order valence-electron chi connectivity index (χ3n) is 2.12. The van der Waals surface area contributed by atoms with Crippen LogP contribution < -0.4 is 10.4 Å². The van der Waals surface area contributed by atoms with Gasteiger partial charge in [0, 0.05) is 5.54 Å². The van der Waals surface area contributed by atoms with E-state index in [1.165, 1.54) is 0 Å². The minimum atomic E-state index is -0.257. The third kappa shape index (κ3) is 1.63. The number of hydrazine groups is 1. The summed E-state index contributed by atoms with van der Waals surface area (Å²) >= 11 is 0. The Labute approximate surface area is 83.7 Å². The number of amides is 1. The number of anilines is 1. The average Bonchev–Trinajstić information content (AvgIpc) is 2.41. The van der Waals surface area contributed by atoms with E-state index in [1.807, 2.05) is 44.2 Å². The smallest absolute Gasteiger partial charge is 0.247 e. The van der Waals surface area contributed by atoms with E-state index in [2.05, 4.69) is 5.43 Å². The van der Waals surface area contributed by atoms with E-state index in [9.17, 15) is 4.79 Å². The lowest BCUT2D eigenvalue weighted by atomic mass is 10.0. The van der Waals surface area contributed by atoms with Gasteiger partial charge in [0.25, 0.3) is 0 Å². The molecule has 0 aliphatic carbocycles. The number of hydrogen-bond donors (Lipinski definition) is 1. The van der Waals surface area contributed by atoms with Gasteiger partial charge in [0.15, 0.2) is 0 Å². The van der Waals surface area contributed by atoms with E-state index >= 15 is 0 Å². The van der Waals surface area contributed by atoms with E-state index in [0.717, 1.165) is 5.69 Å². The molecule has 2 rings (SSSR count). The molecular formula is C11H13N2O. The average molecular weight is 189 g/mol. The first-order valence-electron chi connectivity index (χ1n) is 4.61. The molecule has 1 aliphatic heterocycles. The lowest BCUT2D eigenvalue weighted by Gasteiger charge is -2.21. The Morgan fingerprint density at radius 2 is 1.86 bits per heavy atom. The molecule has 1 radical (unpaired) electrons. The number of rotatable bonds is 1. The van der Waals surface area contributed by atoms with Gasteiger partial charge in [-0.3, -0.25) is 4.79 Å². The standard InChI is InChI=1S/C11H13N2O/c1-11(2)8-10(14)13(12-11)9-6-4-3-5-7-9/h3-8,12H,1-2H3. The summed E-state index contributed by atoms with van der Waals surface area (Å²) in [5.41, 5.74) is 3.74. The van der Waals surface area contributed by atoms with Gasteiger partial charge in [-0.05, 0) is 26.0 Å². The van der Waals surface area contributed by atoms with Gasteiger partial charge in [-0.25, -0.2) is 10.4 Å². The lowest BCUT2D eigenvalue weighted by Crippen LogP contribution is -2.42. The molecule has 1 heterocycles. The van der Waals surface area contributed by atoms with Crippen LogP contribution in [0.15, 0.2) is 30.3 Å². The Morgan fingerprint density at radius 1 is 1.21 bits per heavy atom. The highest BCUT2D eigenvalue weighted by Crippen LogP contribution is 2.23. The van der Waals surface area contributed by atoms with Gasteiger partial charge in [-0.2, -0.15) is 0 Å². The van der Waals surface area contributed by atoms with E-state index < -0.39 is 0 Å². The number of para-hydroxylation sites is 1. The van der Waals surface area contributed by atoms with Crippen molar-refractivity contribution in [1.29, 1.82) is 0 Å². The van der Waals surface area contributed by atoms with Crippen molar-refractivity contribution < 1.29 is 4.79 Å². The molecule has 1 aliphatic rings. The predicted octanol–water partition coefficient (Wildman–Crippen LogP) is 1.52. The van der Waals surface area contributed by atoms with Crippen molar-refractivity contribution in [2.45, 2.75) is 19.4 Å². The first-order valence-corrected chi connectivity index (χ1v) is 4.61. The molecule has 0 spiro atoms. The predicted molar refractivity (Wildman–Crippen MR) is 55.4 cm³/mol. The number of carbonyl (C=O) groups excluding carboxylic acids is 1. The summed E-state index contributed by atoms with van der Waals surface area (Å²) in [5.74, 6) is 0.00111. The number of carbonyl (C=O) groups is 1. The maximum absolute atomic E-state index is 11.6. The maximum atomic E-state index is 11.6.